The average molecular weight is 172 g/mol. The maximum absolute atomic E-state index is 3.45. The molecule has 0 radical (unpaired) electrons. The number of rotatable bonds is 0. The van der Waals surface area contributed by atoms with Gasteiger partial charge >= 0.3 is 0 Å². The lowest BCUT2D eigenvalue weighted by molar-refractivity contribution is 0.542. The van der Waals surface area contributed by atoms with E-state index < -0.39 is 0 Å². The third kappa shape index (κ3) is 0.988. The van der Waals surface area contributed by atoms with Gasteiger partial charge in [-0.1, -0.05) is 24.3 Å². The minimum Gasteiger partial charge on any atom is -0.372 e. The van der Waals surface area contributed by atoms with Crippen LogP contribution in [0.2, 0.25) is 0 Å². The second kappa shape index (κ2) is 2.60. The highest BCUT2D eigenvalue weighted by Gasteiger charge is 2.22. The first kappa shape index (κ1) is 7.15. The van der Waals surface area contributed by atoms with Crippen molar-refractivity contribution in [3.8, 4) is 0 Å². The summed E-state index contributed by atoms with van der Waals surface area (Å²) >= 11 is 0. The zero-order valence-corrected chi connectivity index (χ0v) is 7.38. The predicted molar refractivity (Wildman–Crippen MR) is 54.5 cm³/mol. The normalized spacial score (nSPS) is 23.5. The monoisotopic (exact) mass is 172 g/mol. The van der Waals surface area contributed by atoms with Gasteiger partial charge in [0.25, 0.3) is 0 Å². The van der Waals surface area contributed by atoms with E-state index in [1.807, 2.05) is 0 Å². The molecule has 2 nitrogen and oxygen atoms in total. The van der Waals surface area contributed by atoms with E-state index in [0.29, 0.717) is 6.04 Å². The summed E-state index contributed by atoms with van der Waals surface area (Å²) in [6.07, 6.45) is 5.57. The minimum absolute atomic E-state index is 0.525. The highest BCUT2D eigenvalue weighted by atomic mass is 15.1. The van der Waals surface area contributed by atoms with Crippen LogP contribution in [0.5, 0.6) is 0 Å². The van der Waals surface area contributed by atoms with Crippen molar-refractivity contribution in [1.82, 2.24) is 5.32 Å². The van der Waals surface area contributed by atoms with Crippen LogP contribution in [0.3, 0.4) is 0 Å². The van der Waals surface area contributed by atoms with Gasteiger partial charge in [0.1, 0.15) is 0 Å². The SMILES string of the molecule is C1=Cc2cccc3c2C(C1)NCN3. The smallest absolute Gasteiger partial charge is 0.0658 e. The van der Waals surface area contributed by atoms with Crippen LogP contribution in [0, 0.1) is 0 Å². The Hall–Kier alpha value is -1.28. The summed E-state index contributed by atoms with van der Waals surface area (Å²) in [7, 11) is 0. The van der Waals surface area contributed by atoms with E-state index in [9.17, 15) is 0 Å². The number of nitrogens with one attached hydrogen (secondary N) is 2. The van der Waals surface area contributed by atoms with Crippen LogP contribution in [0.4, 0.5) is 5.69 Å². The van der Waals surface area contributed by atoms with Gasteiger partial charge < -0.3 is 5.32 Å². The molecule has 13 heavy (non-hydrogen) atoms. The Bertz CT molecular complexity index is 368. The zero-order valence-electron chi connectivity index (χ0n) is 7.38. The van der Waals surface area contributed by atoms with Crippen molar-refractivity contribution in [2.75, 3.05) is 12.0 Å². The van der Waals surface area contributed by atoms with Gasteiger partial charge in [-0.15, -0.1) is 0 Å². The molecule has 0 bridgehead atoms. The van der Waals surface area contributed by atoms with Gasteiger partial charge in [-0.2, -0.15) is 0 Å². The van der Waals surface area contributed by atoms with Crippen LogP contribution in [0.15, 0.2) is 24.3 Å². The van der Waals surface area contributed by atoms with Gasteiger partial charge in [-0.05, 0) is 23.6 Å². The predicted octanol–water partition coefficient (Wildman–Crippen LogP) is 2.12. The zero-order chi connectivity index (χ0) is 8.67. The first-order valence-corrected chi connectivity index (χ1v) is 4.72. The van der Waals surface area contributed by atoms with E-state index in [4.69, 9.17) is 0 Å². The second-order valence-corrected chi connectivity index (χ2v) is 3.56. The lowest BCUT2D eigenvalue weighted by atomic mass is 9.90. The van der Waals surface area contributed by atoms with Crippen molar-refractivity contribution in [2.24, 2.45) is 0 Å². The molecule has 0 amide bonds. The molecule has 1 aliphatic carbocycles. The molecule has 66 valence electrons. The summed E-state index contributed by atoms with van der Waals surface area (Å²) in [5.41, 5.74) is 4.09. The van der Waals surface area contributed by atoms with Crippen LogP contribution in [0.1, 0.15) is 23.6 Å². The molecule has 2 heteroatoms. The van der Waals surface area contributed by atoms with Crippen molar-refractivity contribution in [3.05, 3.63) is 35.4 Å². The van der Waals surface area contributed by atoms with Crippen LogP contribution in [0.25, 0.3) is 6.08 Å². The molecule has 2 aliphatic rings. The van der Waals surface area contributed by atoms with E-state index in [1.165, 1.54) is 16.8 Å². The van der Waals surface area contributed by atoms with Crippen LogP contribution < -0.4 is 10.6 Å². The third-order valence-electron chi connectivity index (χ3n) is 2.78. The highest BCUT2D eigenvalue weighted by Crippen LogP contribution is 2.35. The Kier molecular flexibility index (Phi) is 1.43. The maximum atomic E-state index is 3.45. The molecule has 0 aromatic heterocycles. The number of benzene rings is 1. The van der Waals surface area contributed by atoms with E-state index in [-0.39, 0.29) is 0 Å². The minimum atomic E-state index is 0.525. The van der Waals surface area contributed by atoms with Crippen molar-refractivity contribution < 1.29 is 0 Å². The van der Waals surface area contributed by atoms with Crippen LogP contribution in [-0.4, -0.2) is 6.67 Å². The van der Waals surface area contributed by atoms with E-state index in [1.54, 1.807) is 0 Å². The van der Waals surface area contributed by atoms with E-state index >= 15 is 0 Å². The summed E-state index contributed by atoms with van der Waals surface area (Å²) < 4.78 is 0. The van der Waals surface area contributed by atoms with Crippen LogP contribution in [-0.2, 0) is 0 Å². The maximum Gasteiger partial charge on any atom is 0.0658 e. The molecule has 1 aliphatic heterocycles. The van der Waals surface area contributed by atoms with Gasteiger partial charge in [-0.3, -0.25) is 5.32 Å². The van der Waals surface area contributed by atoms with E-state index in [0.717, 1.165) is 13.1 Å². The summed E-state index contributed by atoms with van der Waals surface area (Å²) in [6, 6.07) is 6.97. The number of hydrogen-bond acceptors (Lipinski definition) is 2. The molecule has 0 saturated heterocycles. The summed E-state index contributed by atoms with van der Waals surface area (Å²) in [6.45, 7) is 0.884. The van der Waals surface area contributed by atoms with E-state index in [2.05, 4.69) is 41.0 Å². The fourth-order valence-corrected chi connectivity index (χ4v) is 2.18. The van der Waals surface area contributed by atoms with Gasteiger partial charge in [0, 0.05) is 11.7 Å². The average Bonchev–Trinajstić information content (AvgIpc) is 2.19. The van der Waals surface area contributed by atoms with Crippen molar-refractivity contribution >= 4 is 11.8 Å². The van der Waals surface area contributed by atoms with Gasteiger partial charge in [0.15, 0.2) is 0 Å². The summed E-state index contributed by atoms with van der Waals surface area (Å²) in [4.78, 5) is 0. The topological polar surface area (TPSA) is 24.1 Å². The lowest BCUT2D eigenvalue weighted by Gasteiger charge is -2.31. The van der Waals surface area contributed by atoms with Crippen molar-refractivity contribution in [2.45, 2.75) is 12.5 Å². The Labute approximate surface area is 77.7 Å². The molecule has 1 aromatic rings. The molecular formula is C11H12N2. The second-order valence-electron chi connectivity index (χ2n) is 3.56. The third-order valence-corrected chi connectivity index (χ3v) is 2.78. The molecule has 1 heterocycles. The summed E-state index contributed by atoms with van der Waals surface area (Å²) in [5, 5.41) is 6.81. The first-order valence-electron chi connectivity index (χ1n) is 4.72. The molecular weight excluding hydrogens is 160 g/mol. The molecule has 3 rings (SSSR count). The quantitative estimate of drug-likeness (QED) is 0.626. The number of hydrogen-bond donors (Lipinski definition) is 2. The number of anilines is 1. The van der Waals surface area contributed by atoms with Gasteiger partial charge in [0.2, 0.25) is 0 Å². The Balaban J connectivity index is 2.24. The Morgan fingerprint density at radius 1 is 1.31 bits per heavy atom. The lowest BCUT2D eigenvalue weighted by Crippen LogP contribution is -2.33. The molecule has 2 N–H and O–H groups in total. The fourth-order valence-electron chi connectivity index (χ4n) is 2.18. The first-order chi connectivity index (χ1) is 6.45. The fraction of sp³-hybridized carbons (Fsp3) is 0.273. The Morgan fingerprint density at radius 2 is 2.31 bits per heavy atom. The molecule has 1 unspecified atom stereocenters. The Morgan fingerprint density at radius 3 is 3.31 bits per heavy atom. The molecule has 1 aromatic carbocycles. The van der Waals surface area contributed by atoms with Crippen molar-refractivity contribution in [1.29, 1.82) is 0 Å². The van der Waals surface area contributed by atoms with Gasteiger partial charge in [-0.25, -0.2) is 0 Å². The molecule has 0 spiro atoms. The standard InChI is InChI=1S/C11H12N2/c1-3-8-4-2-6-10-11(8)9(5-1)12-7-13-10/h1-5,10,12-13H,6-7H2. The highest BCUT2D eigenvalue weighted by molar-refractivity contribution is 5.68. The molecule has 0 fully saturated rings. The molecule has 0 saturated carbocycles. The molecule has 1 atom stereocenters. The van der Waals surface area contributed by atoms with Gasteiger partial charge in [0.05, 0.1) is 6.67 Å². The largest absolute Gasteiger partial charge is 0.372 e. The van der Waals surface area contributed by atoms with Crippen molar-refractivity contribution in [3.63, 3.8) is 0 Å². The van der Waals surface area contributed by atoms with Crippen LogP contribution >= 0.6 is 0 Å². The summed E-state index contributed by atoms with van der Waals surface area (Å²) in [5.74, 6) is 0.